The van der Waals surface area contributed by atoms with Crippen molar-refractivity contribution in [3.63, 3.8) is 0 Å². The molecule has 6 nitrogen and oxygen atoms in total. The fourth-order valence-electron chi connectivity index (χ4n) is 2.72. The van der Waals surface area contributed by atoms with Crippen molar-refractivity contribution >= 4 is 40.5 Å². The maximum Gasteiger partial charge on any atom is 0.341 e. The zero-order valence-electron chi connectivity index (χ0n) is 13.2. The van der Waals surface area contributed by atoms with Gasteiger partial charge in [-0.1, -0.05) is 13.0 Å². The predicted molar refractivity (Wildman–Crippen MR) is 91.6 cm³/mol. The van der Waals surface area contributed by atoms with E-state index >= 15 is 0 Å². The van der Waals surface area contributed by atoms with Crippen LogP contribution in [0.25, 0.3) is 11.6 Å². The van der Waals surface area contributed by atoms with Crippen LogP contribution < -0.4 is 20.6 Å². The van der Waals surface area contributed by atoms with Crippen LogP contribution in [0.15, 0.2) is 22.9 Å². The first-order chi connectivity index (χ1) is 11.5. The summed E-state index contributed by atoms with van der Waals surface area (Å²) in [4.78, 5) is 28.3. The Hall–Kier alpha value is -2.67. The van der Waals surface area contributed by atoms with E-state index in [0.717, 1.165) is 5.69 Å². The zero-order valence-corrected chi connectivity index (χ0v) is 14.0. The van der Waals surface area contributed by atoms with Crippen molar-refractivity contribution in [1.82, 2.24) is 4.98 Å². The third-order valence-electron chi connectivity index (χ3n) is 3.77. The van der Waals surface area contributed by atoms with Gasteiger partial charge in [0.2, 0.25) is 5.88 Å². The molecule has 1 aliphatic carbocycles. The molecule has 0 aromatic carbocycles. The largest absolute Gasteiger partial charge is 0.480 e. The average Bonchev–Trinajstić information content (AvgIpc) is 3.05. The number of methoxy groups -OCH3 is 1. The first kappa shape index (κ1) is 16.2. The lowest BCUT2D eigenvalue weighted by Gasteiger charge is -2.16. The number of hydrogen-bond acceptors (Lipinski definition) is 5. The van der Waals surface area contributed by atoms with Gasteiger partial charge in [-0.15, -0.1) is 0 Å². The van der Waals surface area contributed by atoms with E-state index in [9.17, 15) is 14.7 Å². The van der Waals surface area contributed by atoms with Crippen molar-refractivity contribution in [2.45, 2.75) is 13.3 Å². The normalized spacial score (nSPS) is 16.1. The number of carbonyl (C=O) groups is 2. The van der Waals surface area contributed by atoms with Crippen LogP contribution in [0.5, 0.6) is 5.88 Å². The van der Waals surface area contributed by atoms with Crippen LogP contribution in [0.2, 0.25) is 0 Å². The minimum absolute atomic E-state index is 0.00466. The lowest BCUT2D eigenvalue weighted by atomic mass is 9.93. The van der Waals surface area contributed by atoms with Crippen molar-refractivity contribution in [3.8, 4) is 5.88 Å². The summed E-state index contributed by atoms with van der Waals surface area (Å²) in [6, 6.07) is 3.33. The van der Waals surface area contributed by atoms with Gasteiger partial charge >= 0.3 is 5.97 Å². The van der Waals surface area contributed by atoms with Crippen LogP contribution in [-0.2, 0) is 4.79 Å². The molecule has 0 fully saturated rings. The molecule has 3 rings (SSSR count). The maximum absolute atomic E-state index is 12.6. The Balaban J connectivity index is 2.16. The third-order valence-corrected chi connectivity index (χ3v) is 4.45. The van der Waals surface area contributed by atoms with Gasteiger partial charge in [-0.3, -0.25) is 4.79 Å². The van der Waals surface area contributed by atoms with Gasteiger partial charge in [-0.25, -0.2) is 9.78 Å². The summed E-state index contributed by atoms with van der Waals surface area (Å²) >= 11 is 1.49. The molecule has 0 saturated carbocycles. The Morgan fingerprint density at radius 2 is 2.25 bits per heavy atom. The molecule has 1 amide bonds. The van der Waals surface area contributed by atoms with E-state index in [2.05, 4.69) is 10.3 Å². The highest BCUT2D eigenvalue weighted by atomic mass is 32.1. The number of thiophene rings is 1. The first-order valence-corrected chi connectivity index (χ1v) is 8.30. The van der Waals surface area contributed by atoms with E-state index in [1.165, 1.54) is 24.5 Å². The fraction of sp³-hybridized carbons (Fsp3) is 0.235. The van der Waals surface area contributed by atoms with Crippen molar-refractivity contribution in [1.29, 1.82) is 0 Å². The van der Waals surface area contributed by atoms with Crippen LogP contribution in [0, 0.1) is 5.92 Å². The Labute approximate surface area is 142 Å². The molecule has 1 unspecified atom stereocenters. The summed E-state index contributed by atoms with van der Waals surface area (Å²) in [5.41, 5.74) is 1.25. The van der Waals surface area contributed by atoms with Crippen molar-refractivity contribution < 1.29 is 19.4 Å². The second kappa shape index (κ2) is 6.45. The molecule has 2 N–H and O–H groups in total. The summed E-state index contributed by atoms with van der Waals surface area (Å²) in [6.45, 7) is 1.98. The molecular formula is C17H16N2O4S. The number of hydrogen-bond donors (Lipinski definition) is 2. The van der Waals surface area contributed by atoms with E-state index < -0.39 is 5.97 Å². The van der Waals surface area contributed by atoms with Crippen molar-refractivity contribution in [2.75, 3.05) is 12.4 Å². The topological polar surface area (TPSA) is 88.5 Å². The molecule has 124 valence electrons. The quantitative estimate of drug-likeness (QED) is 0.877. The monoisotopic (exact) mass is 344 g/mol. The Kier molecular flexibility index (Phi) is 4.35. The van der Waals surface area contributed by atoms with E-state index in [0.29, 0.717) is 22.6 Å². The van der Waals surface area contributed by atoms with Gasteiger partial charge in [-0.05, 0) is 35.1 Å². The molecule has 2 aromatic rings. The van der Waals surface area contributed by atoms with Crippen LogP contribution in [0.3, 0.4) is 0 Å². The molecule has 0 saturated heterocycles. The number of rotatable bonds is 4. The molecular weight excluding hydrogens is 328 g/mol. The number of nitrogens with zero attached hydrogens (tertiary/aromatic N) is 1. The lowest BCUT2D eigenvalue weighted by Crippen LogP contribution is -2.39. The van der Waals surface area contributed by atoms with E-state index in [1.54, 1.807) is 0 Å². The Morgan fingerprint density at radius 3 is 2.88 bits per heavy atom. The number of pyridine rings is 1. The number of aromatic nitrogens is 1. The fourth-order valence-corrected chi connectivity index (χ4v) is 3.30. The van der Waals surface area contributed by atoms with Crippen molar-refractivity contribution in [2.24, 2.45) is 5.92 Å². The Morgan fingerprint density at radius 1 is 1.46 bits per heavy atom. The summed E-state index contributed by atoms with van der Waals surface area (Å²) in [5, 5.41) is 17.0. The number of carboxylic acid groups (broad SMARTS) is 1. The van der Waals surface area contributed by atoms with Crippen LogP contribution in [-0.4, -0.2) is 29.1 Å². The van der Waals surface area contributed by atoms with Crippen LogP contribution in [0.1, 0.15) is 23.7 Å². The standard InChI is InChI=1S/C17H16N2O4S/c1-9-5-10-7-13(17(21)22)16(23-2)19-14(10)12(6-9)15(20)18-11-3-4-24-8-11/h3-5,7-9H,6H2,1-2H3,(H,18,20)(H,21,22). The number of ether oxygens (including phenoxy) is 1. The zero-order chi connectivity index (χ0) is 17.3. The highest BCUT2D eigenvalue weighted by Crippen LogP contribution is 2.20. The molecule has 7 heteroatoms. The summed E-state index contributed by atoms with van der Waals surface area (Å²) < 4.78 is 5.08. The van der Waals surface area contributed by atoms with Gasteiger partial charge in [0.25, 0.3) is 5.91 Å². The summed E-state index contributed by atoms with van der Waals surface area (Å²) in [7, 11) is 1.36. The summed E-state index contributed by atoms with van der Waals surface area (Å²) in [6.07, 6.45) is 2.46. The SMILES string of the molecule is COc1nc2c(cc1C(=O)O)=CC(C)CC=2C(=O)Nc1ccsc1. The number of carboxylic acids is 1. The number of anilines is 1. The molecule has 2 heterocycles. The second-order valence-electron chi connectivity index (χ2n) is 5.58. The number of nitrogens with one attached hydrogen (secondary N) is 1. The van der Waals surface area contributed by atoms with Gasteiger partial charge in [0.15, 0.2) is 0 Å². The maximum atomic E-state index is 12.6. The number of amides is 1. The molecule has 0 bridgehead atoms. The molecule has 0 aliphatic heterocycles. The van der Waals surface area contributed by atoms with Crippen LogP contribution in [0.4, 0.5) is 5.69 Å². The highest BCUT2D eigenvalue weighted by molar-refractivity contribution is 7.08. The minimum atomic E-state index is -1.11. The molecule has 2 aromatic heterocycles. The van der Waals surface area contributed by atoms with Crippen molar-refractivity contribution in [3.05, 3.63) is 39.0 Å². The number of carbonyl (C=O) groups excluding carboxylic acids is 1. The number of fused-ring (bicyclic) bond motifs is 1. The lowest BCUT2D eigenvalue weighted by molar-refractivity contribution is -0.111. The van der Waals surface area contributed by atoms with Gasteiger partial charge < -0.3 is 15.2 Å². The van der Waals surface area contributed by atoms with E-state index in [1.807, 2.05) is 29.8 Å². The molecule has 0 radical (unpaired) electrons. The summed E-state index contributed by atoms with van der Waals surface area (Å²) in [5.74, 6) is -1.23. The van der Waals surface area contributed by atoms with Crippen LogP contribution >= 0.6 is 11.3 Å². The minimum Gasteiger partial charge on any atom is -0.480 e. The molecule has 1 atom stereocenters. The van der Waals surface area contributed by atoms with E-state index in [-0.39, 0.29) is 23.3 Å². The highest BCUT2D eigenvalue weighted by Gasteiger charge is 2.21. The second-order valence-corrected chi connectivity index (χ2v) is 6.36. The Bertz CT molecular complexity index is 919. The van der Waals surface area contributed by atoms with E-state index in [4.69, 9.17) is 4.74 Å². The number of aromatic carboxylic acids is 1. The van der Waals surface area contributed by atoms with Gasteiger partial charge in [0.1, 0.15) is 5.56 Å². The average molecular weight is 344 g/mol. The predicted octanol–water partition coefficient (Wildman–Crippen LogP) is 1.46. The van der Waals surface area contributed by atoms with Gasteiger partial charge in [-0.2, -0.15) is 11.3 Å². The smallest absolute Gasteiger partial charge is 0.341 e. The first-order valence-electron chi connectivity index (χ1n) is 7.36. The molecule has 24 heavy (non-hydrogen) atoms. The molecule has 1 aliphatic rings. The van der Waals surface area contributed by atoms with Gasteiger partial charge in [0.05, 0.1) is 18.1 Å². The third kappa shape index (κ3) is 3.03. The van der Waals surface area contributed by atoms with Gasteiger partial charge in [0, 0.05) is 11.0 Å². The molecule has 0 spiro atoms.